The summed E-state index contributed by atoms with van der Waals surface area (Å²) in [6.07, 6.45) is 4.34. The standard InChI is InChI=1S/C22H24N4O/c1-13-20-17(12-18(15-8-9-15)23-21(20)26(3)24-13)22(27)25(2)19-11-10-14-6-4-5-7-16(14)19/h4-7,12,15,19H,8-11H2,1-3H3. The van der Waals surface area contributed by atoms with Crippen LogP contribution in [0.1, 0.15) is 64.1 Å². The van der Waals surface area contributed by atoms with Crippen molar-refractivity contribution in [1.82, 2.24) is 19.7 Å². The highest BCUT2D eigenvalue weighted by Gasteiger charge is 2.32. The number of fused-ring (bicyclic) bond motifs is 2. The molecular formula is C22H24N4O. The van der Waals surface area contributed by atoms with Gasteiger partial charge in [0.15, 0.2) is 5.65 Å². The zero-order valence-electron chi connectivity index (χ0n) is 16.1. The van der Waals surface area contributed by atoms with Gasteiger partial charge in [-0.3, -0.25) is 9.48 Å². The molecule has 1 atom stereocenters. The number of carbonyl (C=O) groups is 1. The molecular weight excluding hydrogens is 336 g/mol. The summed E-state index contributed by atoms with van der Waals surface area (Å²) in [6, 6.07) is 10.6. The van der Waals surface area contributed by atoms with Gasteiger partial charge in [-0.15, -0.1) is 0 Å². The van der Waals surface area contributed by atoms with Crippen LogP contribution in [0.4, 0.5) is 0 Å². The lowest BCUT2D eigenvalue weighted by Gasteiger charge is -2.26. The topological polar surface area (TPSA) is 51.0 Å². The van der Waals surface area contributed by atoms with Crippen molar-refractivity contribution in [1.29, 1.82) is 0 Å². The van der Waals surface area contributed by atoms with Crippen LogP contribution in [-0.2, 0) is 13.5 Å². The lowest BCUT2D eigenvalue weighted by molar-refractivity contribution is 0.0732. The highest BCUT2D eigenvalue weighted by molar-refractivity contribution is 6.06. The van der Waals surface area contributed by atoms with E-state index in [0.29, 0.717) is 5.92 Å². The van der Waals surface area contributed by atoms with E-state index in [1.807, 2.05) is 32.0 Å². The fourth-order valence-electron chi connectivity index (χ4n) is 4.49. The molecule has 0 radical (unpaired) electrons. The van der Waals surface area contributed by atoms with E-state index in [-0.39, 0.29) is 11.9 Å². The zero-order valence-corrected chi connectivity index (χ0v) is 16.1. The van der Waals surface area contributed by atoms with E-state index in [1.54, 1.807) is 4.68 Å². The van der Waals surface area contributed by atoms with Crippen LogP contribution in [0.15, 0.2) is 30.3 Å². The van der Waals surface area contributed by atoms with Crippen molar-refractivity contribution in [2.24, 2.45) is 7.05 Å². The minimum absolute atomic E-state index is 0.0714. The molecule has 2 aromatic heterocycles. The van der Waals surface area contributed by atoms with Gasteiger partial charge in [-0.25, -0.2) is 4.98 Å². The van der Waals surface area contributed by atoms with Crippen LogP contribution >= 0.6 is 0 Å². The summed E-state index contributed by atoms with van der Waals surface area (Å²) in [5.41, 5.74) is 6.11. The molecule has 27 heavy (non-hydrogen) atoms. The Labute approximate surface area is 159 Å². The second-order valence-corrected chi connectivity index (χ2v) is 7.95. The Hall–Kier alpha value is -2.69. The Morgan fingerprint density at radius 2 is 2.00 bits per heavy atom. The van der Waals surface area contributed by atoms with Crippen LogP contribution in [-0.4, -0.2) is 32.6 Å². The van der Waals surface area contributed by atoms with Gasteiger partial charge in [-0.1, -0.05) is 24.3 Å². The molecule has 2 aliphatic rings. The van der Waals surface area contributed by atoms with E-state index in [4.69, 9.17) is 4.98 Å². The number of hydrogen-bond donors (Lipinski definition) is 0. The number of pyridine rings is 1. The summed E-state index contributed by atoms with van der Waals surface area (Å²) in [5, 5.41) is 5.42. The third-order valence-electron chi connectivity index (χ3n) is 6.10. The molecule has 5 rings (SSSR count). The maximum absolute atomic E-state index is 13.6. The van der Waals surface area contributed by atoms with Crippen LogP contribution in [0.5, 0.6) is 0 Å². The lowest BCUT2D eigenvalue weighted by atomic mass is 10.0. The van der Waals surface area contributed by atoms with Crippen LogP contribution in [0.2, 0.25) is 0 Å². The van der Waals surface area contributed by atoms with E-state index in [9.17, 15) is 4.79 Å². The number of hydrogen-bond acceptors (Lipinski definition) is 3. The van der Waals surface area contributed by atoms with Gasteiger partial charge in [0.05, 0.1) is 22.7 Å². The summed E-state index contributed by atoms with van der Waals surface area (Å²) >= 11 is 0. The lowest BCUT2D eigenvalue weighted by Crippen LogP contribution is -2.30. The number of amides is 1. The Morgan fingerprint density at radius 3 is 2.78 bits per heavy atom. The van der Waals surface area contributed by atoms with Crippen molar-refractivity contribution in [2.75, 3.05) is 7.05 Å². The molecule has 2 heterocycles. The second kappa shape index (κ2) is 5.91. The Morgan fingerprint density at radius 1 is 1.22 bits per heavy atom. The van der Waals surface area contributed by atoms with Crippen LogP contribution < -0.4 is 0 Å². The first-order valence-corrected chi connectivity index (χ1v) is 9.74. The largest absolute Gasteiger partial charge is 0.335 e. The van der Waals surface area contributed by atoms with Gasteiger partial charge < -0.3 is 4.90 Å². The number of aromatic nitrogens is 3. The highest BCUT2D eigenvalue weighted by atomic mass is 16.2. The third-order valence-corrected chi connectivity index (χ3v) is 6.10. The van der Waals surface area contributed by atoms with Crippen LogP contribution in [0, 0.1) is 6.92 Å². The van der Waals surface area contributed by atoms with E-state index in [1.165, 1.54) is 11.1 Å². The number of nitrogens with zero attached hydrogens (tertiary/aromatic N) is 4. The zero-order chi connectivity index (χ0) is 18.7. The van der Waals surface area contributed by atoms with E-state index in [2.05, 4.69) is 29.4 Å². The number of benzene rings is 1. The van der Waals surface area contributed by atoms with Gasteiger partial charge in [0.25, 0.3) is 5.91 Å². The van der Waals surface area contributed by atoms with Crippen molar-refractivity contribution < 1.29 is 4.79 Å². The first kappa shape index (κ1) is 16.5. The average Bonchev–Trinajstić information content (AvgIpc) is 3.38. The Kier molecular flexibility index (Phi) is 3.61. The number of carbonyl (C=O) groups excluding carboxylic acids is 1. The van der Waals surface area contributed by atoms with Crippen LogP contribution in [0.3, 0.4) is 0 Å². The first-order valence-electron chi connectivity index (χ1n) is 9.74. The molecule has 0 saturated heterocycles. The van der Waals surface area contributed by atoms with Crippen molar-refractivity contribution in [3.8, 4) is 0 Å². The molecule has 1 amide bonds. The summed E-state index contributed by atoms with van der Waals surface area (Å²) in [4.78, 5) is 20.3. The van der Waals surface area contributed by atoms with Gasteiger partial charge >= 0.3 is 0 Å². The van der Waals surface area contributed by atoms with Crippen molar-refractivity contribution >= 4 is 16.9 Å². The summed E-state index contributed by atoms with van der Waals surface area (Å²) in [7, 11) is 3.84. The van der Waals surface area contributed by atoms with Crippen molar-refractivity contribution in [2.45, 2.75) is 44.6 Å². The van der Waals surface area contributed by atoms with Gasteiger partial charge in [-0.05, 0) is 49.8 Å². The molecule has 2 aliphatic carbocycles. The predicted octanol–water partition coefficient (Wildman–Crippen LogP) is 3.91. The molecule has 1 aromatic carbocycles. The molecule has 0 bridgehead atoms. The summed E-state index contributed by atoms with van der Waals surface area (Å²) in [6.45, 7) is 1.96. The normalized spacial score (nSPS) is 18.7. The molecule has 0 N–H and O–H groups in total. The minimum Gasteiger partial charge on any atom is -0.335 e. The summed E-state index contributed by atoms with van der Waals surface area (Å²) < 4.78 is 1.80. The number of rotatable bonds is 3. The third kappa shape index (κ3) is 2.56. The minimum atomic E-state index is 0.0714. The summed E-state index contributed by atoms with van der Waals surface area (Å²) in [5.74, 6) is 0.566. The van der Waals surface area contributed by atoms with Crippen molar-refractivity contribution in [3.63, 3.8) is 0 Å². The van der Waals surface area contributed by atoms with E-state index in [0.717, 1.165) is 53.7 Å². The van der Waals surface area contributed by atoms with Crippen LogP contribution in [0.25, 0.3) is 11.0 Å². The fraction of sp³-hybridized carbons (Fsp3) is 0.409. The molecule has 3 aromatic rings. The quantitative estimate of drug-likeness (QED) is 0.711. The molecule has 5 heteroatoms. The first-order chi connectivity index (χ1) is 13.0. The molecule has 138 valence electrons. The van der Waals surface area contributed by atoms with E-state index < -0.39 is 0 Å². The van der Waals surface area contributed by atoms with Gasteiger partial charge in [0, 0.05) is 25.7 Å². The fourth-order valence-corrected chi connectivity index (χ4v) is 4.49. The smallest absolute Gasteiger partial charge is 0.254 e. The molecule has 1 unspecified atom stereocenters. The van der Waals surface area contributed by atoms with Gasteiger partial charge in [0.1, 0.15) is 0 Å². The predicted molar refractivity (Wildman–Crippen MR) is 105 cm³/mol. The van der Waals surface area contributed by atoms with Gasteiger partial charge in [-0.2, -0.15) is 5.10 Å². The monoisotopic (exact) mass is 360 g/mol. The average molecular weight is 360 g/mol. The Balaban J connectivity index is 1.59. The molecule has 1 saturated carbocycles. The molecule has 5 nitrogen and oxygen atoms in total. The highest BCUT2D eigenvalue weighted by Crippen LogP contribution is 2.41. The van der Waals surface area contributed by atoms with Crippen molar-refractivity contribution in [3.05, 3.63) is 58.4 Å². The van der Waals surface area contributed by atoms with E-state index >= 15 is 0 Å². The molecule has 0 spiro atoms. The Bertz CT molecular complexity index is 1060. The molecule has 0 aliphatic heterocycles. The maximum Gasteiger partial charge on any atom is 0.254 e. The van der Waals surface area contributed by atoms with Gasteiger partial charge in [0.2, 0.25) is 0 Å². The second-order valence-electron chi connectivity index (χ2n) is 7.95. The maximum atomic E-state index is 13.6. The number of aryl methyl sites for hydroxylation is 3. The molecule has 1 fully saturated rings. The SMILES string of the molecule is Cc1nn(C)c2nc(C3CC3)cc(C(=O)N(C)C3CCc4ccccc43)c12.